The van der Waals surface area contributed by atoms with Crippen LogP contribution in [0.3, 0.4) is 0 Å². The number of aromatic nitrogens is 2. The van der Waals surface area contributed by atoms with Gasteiger partial charge in [-0.05, 0) is 51.3 Å². The van der Waals surface area contributed by atoms with Crippen molar-refractivity contribution in [1.82, 2.24) is 25.1 Å². The van der Waals surface area contributed by atoms with Gasteiger partial charge >= 0.3 is 6.03 Å². The van der Waals surface area contributed by atoms with Gasteiger partial charge in [0.05, 0.1) is 0 Å². The van der Waals surface area contributed by atoms with Crippen molar-refractivity contribution in [2.75, 3.05) is 51.7 Å². The SMILES string of the molecule is CN1CCCC(CN(C)C(=O)NC2CCN(c3ncccn3)CC2)C1. The zero-order valence-electron chi connectivity index (χ0n) is 15.4. The highest BCUT2D eigenvalue weighted by atomic mass is 16.2. The molecule has 2 amide bonds. The minimum absolute atomic E-state index is 0.0580. The predicted molar refractivity (Wildman–Crippen MR) is 98.6 cm³/mol. The molecule has 1 N–H and O–H groups in total. The van der Waals surface area contributed by atoms with Gasteiger partial charge in [0.2, 0.25) is 5.95 Å². The van der Waals surface area contributed by atoms with Crippen LogP contribution in [0, 0.1) is 5.92 Å². The first-order chi connectivity index (χ1) is 12.1. The number of hydrogen-bond acceptors (Lipinski definition) is 5. The molecular formula is C18H30N6O. The van der Waals surface area contributed by atoms with E-state index in [-0.39, 0.29) is 12.1 Å². The van der Waals surface area contributed by atoms with E-state index in [1.165, 1.54) is 19.4 Å². The highest BCUT2D eigenvalue weighted by Crippen LogP contribution is 2.17. The largest absolute Gasteiger partial charge is 0.341 e. The summed E-state index contributed by atoms with van der Waals surface area (Å²) >= 11 is 0. The number of carbonyl (C=O) groups excluding carboxylic acids is 1. The van der Waals surface area contributed by atoms with Gasteiger partial charge in [-0.25, -0.2) is 14.8 Å². The highest BCUT2D eigenvalue weighted by molar-refractivity contribution is 5.74. The number of likely N-dealkylation sites (tertiary alicyclic amines) is 1. The van der Waals surface area contributed by atoms with Crippen LogP contribution in [0.2, 0.25) is 0 Å². The monoisotopic (exact) mass is 346 g/mol. The zero-order chi connectivity index (χ0) is 17.6. The molecule has 1 atom stereocenters. The van der Waals surface area contributed by atoms with Crippen LogP contribution in [-0.4, -0.2) is 78.7 Å². The van der Waals surface area contributed by atoms with Crippen molar-refractivity contribution >= 4 is 12.0 Å². The van der Waals surface area contributed by atoms with Crippen LogP contribution >= 0.6 is 0 Å². The average Bonchev–Trinajstić information content (AvgIpc) is 2.63. The Labute approximate surface area is 150 Å². The summed E-state index contributed by atoms with van der Waals surface area (Å²) in [5, 5.41) is 3.20. The van der Waals surface area contributed by atoms with Gasteiger partial charge < -0.3 is 20.0 Å². The first-order valence-electron chi connectivity index (χ1n) is 9.34. The molecule has 0 aromatic carbocycles. The third-order valence-electron chi connectivity index (χ3n) is 5.26. The summed E-state index contributed by atoms with van der Waals surface area (Å²) in [5.41, 5.74) is 0. The van der Waals surface area contributed by atoms with Gasteiger partial charge in [0.1, 0.15) is 0 Å². The minimum atomic E-state index is 0.0580. The molecular weight excluding hydrogens is 316 g/mol. The van der Waals surface area contributed by atoms with Crippen LogP contribution in [0.15, 0.2) is 18.5 Å². The molecule has 0 spiro atoms. The second kappa shape index (κ2) is 8.47. The van der Waals surface area contributed by atoms with E-state index in [0.29, 0.717) is 5.92 Å². The normalized spacial score (nSPS) is 22.6. The standard InChI is InChI=1S/C18H30N6O/c1-22-10-3-5-15(13-22)14-23(2)18(25)21-16-6-11-24(12-7-16)17-19-8-4-9-20-17/h4,8-9,15-16H,3,5-7,10-14H2,1-2H3,(H,21,25). The Morgan fingerprint density at radius 1 is 1.24 bits per heavy atom. The van der Waals surface area contributed by atoms with Crippen LogP contribution in [0.5, 0.6) is 0 Å². The van der Waals surface area contributed by atoms with E-state index in [1.54, 1.807) is 12.4 Å². The number of anilines is 1. The third kappa shape index (κ3) is 5.04. The Hall–Kier alpha value is -1.89. The average molecular weight is 346 g/mol. The maximum absolute atomic E-state index is 12.5. The molecule has 0 radical (unpaired) electrons. The molecule has 1 unspecified atom stereocenters. The molecule has 0 saturated carbocycles. The summed E-state index contributed by atoms with van der Waals surface area (Å²) in [6.07, 6.45) is 7.86. The van der Waals surface area contributed by atoms with E-state index in [9.17, 15) is 4.79 Å². The summed E-state index contributed by atoms with van der Waals surface area (Å²) in [6.45, 7) is 4.87. The lowest BCUT2D eigenvalue weighted by atomic mass is 9.98. The summed E-state index contributed by atoms with van der Waals surface area (Å²) in [4.78, 5) is 27.5. The van der Waals surface area contributed by atoms with Crippen molar-refractivity contribution in [2.45, 2.75) is 31.7 Å². The van der Waals surface area contributed by atoms with Gasteiger partial charge in [0, 0.05) is 51.7 Å². The fourth-order valence-corrected chi connectivity index (χ4v) is 3.86. The van der Waals surface area contributed by atoms with Crippen molar-refractivity contribution < 1.29 is 4.79 Å². The van der Waals surface area contributed by atoms with Gasteiger partial charge in [-0.1, -0.05) is 0 Å². The molecule has 0 bridgehead atoms. The molecule has 2 aliphatic rings. The van der Waals surface area contributed by atoms with E-state index >= 15 is 0 Å². The molecule has 7 nitrogen and oxygen atoms in total. The zero-order valence-corrected chi connectivity index (χ0v) is 15.4. The van der Waals surface area contributed by atoms with E-state index in [2.05, 4.69) is 32.1 Å². The second-order valence-corrected chi connectivity index (χ2v) is 7.41. The Morgan fingerprint density at radius 2 is 1.96 bits per heavy atom. The lowest BCUT2D eigenvalue weighted by molar-refractivity contribution is 0.160. The number of hydrogen-bond donors (Lipinski definition) is 1. The van der Waals surface area contributed by atoms with Gasteiger partial charge in [-0.15, -0.1) is 0 Å². The van der Waals surface area contributed by atoms with Crippen molar-refractivity contribution in [1.29, 1.82) is 0 Å². The molecule has 2 aliphatic heterocycles. The van der Waals surface area contributed by atoms with E-state index in [0.717, 1.165) is 45.0 Å². The van der Waals surface area contributed by atoms with E-state index in [4.69, 9.17) is 0 Å². The molecule has 2 fully saturated rings. The molecule has 0 aliphatic carbocycles. The van der Waals surface area contributed by atoms with Gasteiger partial charge in [-0.2, -0.15) is 0 Å². The van der Waals surface area contributed by atoms with Crippen LogP contribution < -0.4 is 10.2 Å². The highest BCUT2D eigenvalue weighted by Gasteiger charge is 2.25. The van der Waals surface area contributed by atoms with Crippen LogP contribution in [0.25, 0.3) is 0 Å². The number of piperidine rings is 2. The molecule has 7 heteroatoms. The smallest absolute Gasteiger partial charge is 0.317 e. The fourth-order valence-electron chi connectivity index (χ4n) is 3.86. The summed E-state index contributed by atoms with van der Waals surface area (Å²) in [5.74, 6) is 1.37. The minimum Gasteiger partial charge on any atom is -0.341 e. The van der Waals surface area contributed by atoms with Gasteiger partial charge in [0.25, 0.3) is 0 Å². The van der Waals surface area contributed by atoms with Crippen molar-refractivity contribution in [3.8, 4) is 0 Å². The Kier molecular flexibility index (Phi) is 6.07. The first kappa shape index (κ1) is 17.9. The first-order valence-corrected chi connectivity index (χ1v) is 9.34. The second-order valence-electron chi connectivity index (χ2n) is 7.41. The fraction of sp³-hybridized carbons (Fsp3) is 0.722. The van der Waals surface area contributed by atoms with Gasteiger partial charge in [-0.3, -0.25) is 0 Å². The number of carbonyl (C=O) groups is 1. The summed E-state index contributed by atoms with van der Waals surface area (Å²) in [7, 11) is 4.08. The predicted octanol–water partition coefficient (Wildman–Crippen LogP) is 1.43. The Balaban J connectivity index is 1.41. The molecule has 1 aromatic rings. The summed E-state index contributed by atoms with van der Waals surface area (Å²) in [6, 6.07) is 2.13. The molecule has 3 rings (SSSR count). The maximum atomic E-state index is 12.5. The molecule has 3 heterocycles. The number of nitrogens with zero attached hydrogens (tertiary/aromatic N) is 5. The Bertz CT molecular complexity index is 546. The number of rotatable bonds is 4. The molecule has 25 heavy (non-hydrogen) atoms. The summed E-state index contributed by atoms with van der Waals surface area (Å²) < 4.78 is 0. The third-order valence-corrected chi connectivity index (χ3v) is 5.26. The van der Waals surface area contributed by atoms with Gasteiger partial charge in [0.15, 0.2) is 0 Å². The van der Waals surface area contributed by atoms with Crippen molar-refractivity contribution in [2.24, 2.45) is 5.92 Å². The number of amides is 2. The van der Waals surface area contributed by atoms with Crippen LogP contribution in [-0.2, 0) is 0 Å². The maximum Gasteiger partial charge on any atom is 0.317 e. The van der Waals surface area contributed by atoms with E-state index in [1.807, 2.05) is 18.0 Å². The molecule has 2 saturated heterocycles. The van der Waals surface area contributed by atoms with Crippen LogP contribution in [0.1, 0.15) is 25.7 Å². The number of urea groups is 1. The lowest BCUT2D eigenvalue weighted by Crippen LogP contribution is -2.50. The van der Waals surface area contributed by atoms with Crippen molar-refractivity contribution in [3.05, 3.63) is 18.5 Å². The topological polar surface area (TPSA) is 64.6 Å². The molecule has 138 valence electrons. The lowest BCUT2D eigenvalue weighted by Gasteiger charge is -2.35. The number of nitrogens with one attached hydrogen (secondary N) is 1. The van der Waals surface area contributed by atoms with Crippen LogP contribution in [0.4, 0.5) is 10.7 Å². The Morgan fingerprint density at radius 3 is 2.64 bits per heavy atom. The quantitative estimate of drug-likeness (QED) is 0.893. The molecule has 1 aromatic heterocycles. The van der Waals surface area contributed by atoms with Crippen molar-refractivity contribution in [3.63, 3.8) is 0 Å². The van der Waals surface area contributed by atoms with E-state index < -0.39 is 0 Å².